The van der Waals surface area contributed by atoms with Crippen molar-refractivity contribution in [3.05, 3.63) is 11.1 Å². The lowest BCUT2D eigenvalue weighted by Crippen LogP contribution is -2.10. The zero-order valence-corrected chi connectivity index (χ0v) is 8.43. The van der Waals surface area contributed by atoms with Crippen molar-refractivity contribution >= 4 is 16.5 Å². The van der Waals surface area contributed by atoms with Crippen molar-refractivity contribution < 1.29 is 9.84 Å². The topological polar surface area (TPSA) is 54.4 Å². The molecule has 0 saturated heterocycles. The Labute approximate surface area is 81.6 Å². The lowest BCUT2D eigenvalue weighted by Gasteiger charge is -2.02. The number of hydrogen-bond acceptors (Lipinski definition) is 5. The van der Waals surface area contributed by atoms with Crippen LogP contribution in [-0.4, -0.2) is 36.5 Å². The summed E-state index contributed by atoms with van der Waals surface area (Å²) in [4.78, 5) is 5.33. The number of ether oxygens (including phenoxy) is 1. The molecule has 5 heteroatoms. The van der Waals surface area contributed by atoms with Gasteiger partial charge in [-0.1, -0.05) is 0 Å². The predicted molar refractivity (Wildman–Crippen MR) is 53.2 cm³/mol. The molecule has 1 heterocycles. The number of aryl methyl sites for hydroxylation is 1. The molecule has 0 aliphatic rings. The average Bonchev–Trinajstić information content (AvgIpc) is 2.51. The maximum atomic E-state index is 8.43. The third-order valence-corrected chi connectivity index (χ3v) is 2.25. The van der Waals surface area contributed by atoms with Crippen LogP contribution in [0.4, 0.5) is 5.13 Å². The van der Waals surface area contributed by atoms with Crippen LogP contribution < -0.4 is 5.32 Å². The van der Waals surface area contributed by atoms with Crippen molar-refractivity contribution in [3.63, 3.8) is 0 Å². The van der Waals surface area contributed by atoms with Gasteiger partial charge in [-0.25, -0.2) is 4.98 Å². The number of nitrogens with one attached hydrogen (secondary N) is 1. The van der Waals surface area contributed by atoms with Crippen molar-refractivity contribution in [2.75, 3.05) is 31.7 Å². The van der Waals surface area contributed by atoms with Crippen molar-refractivity contribution in [1.29, 1.82) is 0 Å². The van der Waals surface area contributed by atoms with Gasteiger partial charge in [0.25, 0.3) is 0 Å². The summed E-state index contributed by atoms with van der Waals surface area (Å²) in [6.07, 6.45) is 1.83. The van der Waals surface area contributed by atoms with Crippen LogP contribution in [0.25, 0.3) is 0 Å². The van der Waals surface area contributed by atoms with Gasteiger partial charge in [0.05, 0.1) is 19.8 Å². The Hall–Kier alpha value is -0.650. The molecule has 0 amide bonds. The fourth-order valence-corrected chi connectivity index (χ4v) is 1.52. The van der Waals surface area contributed by atoms with E-state index in [1.807, 2.05) is 13.1 Å². The van der Waals surface area contributed by atoms with Crippen LogP contribution in [0, 0.1) is 6.92 Å². The largest absolute Gasteiger partial charge is 0.394 e. The Morgan fingerprint density at radius 2 is 2.46 bits per heavy atom. The molecule has 0 saturated carbocycles. The van der Waals surface area contributed by atoms with E-state index in [2.05, 4.69) is 10.3 Å². The summed E-state index contributed by atoms with van der Waals surface area (Å²) in [5.41, 5.74) is 0. The molecular weight excluding hydrogens is 188 g/mol. The minimum Gasteiger partial charge on any atom is -0.394 e. The summed E-state index contributed by atoms with van der Waals surface area (Å²) in [5.74, 6) is 0. The number of thiazole rings is 1. The summed E-state index contributed by atoms with van der Waals surface area (Å²) in [5, 5.41) is 12.5. The van der Waals surface area contributed by atoms with Gasteiger partial charge in [-0.3, -0.25) is 0 Å². The first-order valence-electron chi connectivity index (χ1n) is 4.18. The lowest BCUT2D eigenvalue weighted by atomic mass is 10.6. The van der Waals surface area contributed by atoms with Gasteiger partial charge in [0.15, 0.2) is 5.13 Å². The maximum absolute atomic E-state index is 8.43. The first kappa shape index (κ1) is 10.4. The van der Waals surface area contributed by atoms with E-state index >= 15 is 0 Å². The second kappa shape index (κ2) is 5.90. The summed E-state index contributed by atoms with van der Waals surface area (Å²) >= 11 is 1.62. The number of aliphatic hydroxyl groups is 1. The van der Waals surface area contributed by atoms with E-state index in [0.717, 1.165) is 11.7 Å². The molecular formula is C8H14N2O2S. The van der Waals surface area contributed by atoms with Crippen LogP contribution in [0.3, 0.4) is 0 Å². The van der Waals surface area contributed by atoms with Gasteiger partial charge >= 0.3 is 0 Å². The van der Waals surface area contributed by atoms with Gasteiger partial charge < -0.3 is 15.2 Å². The molecule has 0 bridgehead atoms. The van der Waals surface area contributed by atoms with E-state index in [-0.39, 0.29) is 6.61 Å². The summed E-state index contributed by atoms with van der Waals surface area (Å²) in [6.45, 7) is 3.83. The number of aliphatic hydroxyl groups excluding tert-OH is 1. The van der Waals surface area contributed by atoms with Crippen molar-refractivity contribution in [2.45, 2.75) is 6.92 Å². The summed E-state index contributed by atoms with van der Waals surface area (Å²) in [7, 11) is 0. The van der Waals surface area contributed by atoms with Gasteiger partial charge in [-0.2, -0.15) is 0 Å². The highest BCUT2D eigenvalue weighted by Crippen LogP contribution is 2.15. The second-order valence-electron chi connectivity index (χ2n) is 2.54. The molecule has 0 radical (unpaired) electrons. The average molecular weight is 202 g/mol. The van der Waals surface area contributed by atoms with Crippen LogP contribution in [0.1, 0.15) is 4.88 Å². The molecule has 0 fully saturated rings. The zero-order chi connectivity index (χ0) is 9.52. The fraction of sp³-hybridized carbons (Fsp3) is 0.625. The predicted octanol–water partition coefficient (Wildman–Crippen LogP) is 0.872. The van der Waals surface area contributed by atoms with Crippen LogP contribution in [0.15, 0.2) is 6.20 Å². The van der Waals surface area contributed by atoms with Crippen molar-refractivity contribution in [3.8, 4) is 0 Å². The highest BCUT2D eigenvalue weighted by Gasteiger charge is 1.95. The Balaban J connectivity index is 2.06. The molecule has 0 aromatic carbocycles. The van der Waals surface area contributed by atoms with Crippen molar-refractivity contribution in [1.82, 2.24) is 4.98 Å². The maximum Gasteiger partial charge on any atom is 0.182 e. The Kier molecular flexibility index (Phi) is 4.74. The van der Waals surface area contributed by atoms with Crippen LogP contribution in [0.5, 0.6) is 0 Å². The molecule has 0 atom stereocenters. The Bertz CT molecular complexity index is 240. The van der Waals surface area contributed by atoms with Crippen molar-refractivity contribution in [2.24, 2.45) is 0 Å². The zero-order valence-electron chi connectivity index (χ0n) is 7.62. The molecule has 13 heavy (non-hydrogen) atoms. The monoisotopic (exact) mass is 202 g/mol. The van der Waals surface area contributed by atoms with E-state index < -0.39 is 0 Å². The Morgan fingerprint density at radius 1 is 1.62 bits per heavy atom. The number of rotatable bonds is 6. The Morgan fingerprint density at radius 3 is 3.08 bits per heavy atom. The summed E-state index contributed by atoms with van der Waals surface area (Å²) in [6, 6.07) is 0. The smallest absolute Gasteiger partial charge is 0.182 e. The number of aromatic nitrogens is 1. The van der Waals surface area contributed by atoms with Crippen LogP contribution >= 0.6 is 11.3 Å². The highest BCUT2D eigenvalue weighted by molar-refractivity contribution is 7.15. The van der Waals surface area contributed by atoms with E-state index in [0.29, 0.717) is 13.2 Å². The number of hydrogen-bond donors (Lipinski definition) is 2. The van der Waals surface area contributed by atoms with Crippen LogP contribution in [0.2, 0.25) is 0 Å². The third kappa shape index (κ3) is 4.21. The molecule has 74 valence electrons. The fourth-order valence-electron chi connectivity index (χ4n) is 0.833. The van der Waals surface area contributed by atoms with Gasteiger partial charge in [0, 0.05) is 17.6 Å². The van der Waals surface area contributed by atoms with E-state index in [4.69, 9.17) is 9.84 Å². The normalized spacial score (nSPS) is 10.3. The number of anilines is 1. The van der Waals surface area contributed by atoms with E-state index in [1.54, 1.807) is 11.3 Å². The van der Waals surface area contributed by atoms with E-state index in [9.17, 15) is 0 Å². The molecule has 4 nitrogen and oxygen atoms in total. The molecule has 0 unspecified atom stereocenters. The van der Waals surface area contributed by atoms with Gasteiger partial charge in [-0.15, -0.1) is 11.3 Å². The molecule has 0 spiro atoms. The van der Waals surface area contributed by atoms with Gasteiger partial charge in [0.2, 0.25) is 0 Å². The highest BCUT2D eigenvalue weighted by atomic mass is 32.1. The molecule has 1 aromatic rings. The van der Waals surface area contributed by atoms with E-state index in [1.165, 1.54) is 4.88 Å². The standard InChI is InChI=1S/C8H14N2O2S/c1-7-6-10-8(13-7)9-2-4-12-5-3-11/h6,11H,2-5H2,1H3,(H,9,10). The third-order valence-electron chi connectivity index (χ3n) is 1.38. The summed E-state index contributed by atoms with van der Waals surface area (Å²) < 4.78 is 5.08. The minimum atomic E-state index is 0.0797. The van der Waals surface area contributed by atoms with Gasteiger partial charge in [-0.05, 0) is 6.92 Å². The number of nitrogens with zero attached hydrogens (tertiary/aromatic N) is 1. The molecule has 0 aliphatic carbocycles. The van der Waals surface area contributed by atoms with Gasteiger partial charge in [0.1, 0.15) is 0 Å². The minimum absolute atomic E-state index is 0.0797. The lowest BCUT2D eigenvalue weighted by molar-refractivity contribution is 0.0992. The first-order chi connectivity index (χ1) is 6.33. The first-order valence-corrected chi connectivity index (χ1v) is 4.99. The second-order valence-corrected chi connectivity index (χ2v) is 3.77. The quantitative estimate of drug-likeness (QED) is 0.672. The van der Waals surface area contributed by atoms with Crippen LogP contribution in [-0.2, 0) is 4.74 Å². The molecule has 0 aliphatic heterocycles. The molecule has 1 rings (SSSR count). The molecule has 2 N–H and O–H groups in total. The SMILES string of the molecule is Cc1cnc(NCCOCCO)s1. The molecule has 1 aromatic heterocycles.